The van der Waals surface area contributed by atoms with Gasteiger partial charge in [0.15, 0.2) is 0 Å². The van der Waals surface area contributed by atoms with Crippen molar-refractivity contribution in [2.45, 2.75) is 71.5 Å². The van der Waals surface area contributed by atoms with Crippen molar-refractivity contribution in [3.05, 3.63) is 264 Å². The van der Waals surface area contributed by atoms with E-state index >= 15 is 0 Å². The molecule has 0 radical (unpaired) electrons. The molecular formula is C66H64N2O14S2. The van der Waals surface area contributed by atoms with Gasteiger partial charge >= 0.3 is 23.9 Å². The van der Waals surface area contributed by atoms with Gasteiger partial charge in [-0.1, -0.05) is 206 Å². The van der Waals surface area contributed by atoms with Gasteiger partial charge in [-0.05, 0) is 107 Å². The molecular weight excluding hydrogens is 1110 g/mol. The molecule has 434 valence electrons. The minimum Gasteiger partial charge on any atom is -0.481 e. The van der Waals surface area contributed by atoms with Gasteiger partial charge in [-0.25, -0.2) is 0 Å². The van der Waals surface area contributed by atoms with Gasteiger partial charge < -0.3 is 20.4 Å². The van der Waals surface area contributed by atoms with Crippen LogP contribution in [-0.2, 0) is 58.9 Å². The third-order valence-electron chi connectivity index (χ3n) is 14.8. The fraction of sp³-hybridized carbons (Fsp3) is 0.212. The quantitative estimate of drug-likeness (QED) is 0.0134. The number of nitrogens with one attached hydrogen (secondary N) is 2. The Morgan fingerprint density at radius 1 is 0.357 bits per heavy atom. The van der Waals surface area contributed by atoms with E-state index in [0.717, 1.165) is 33.4 Å². The van der Waals surface area contributed by atoms with Crippen LogP contribution in [0.15, 0.2) is 240 Å². The largest absolute Gasteiger partial charge is 0.481 e. The van der Waals surface area contributed by atoms with Gasteiger partial charge in [0, 0.05) is 0 Å². The van der Waals surface area contributed by atoms with Crippen molar-refractivity contribution < 1.29 is 64.8 Å². The van der Waals surface area contributed by atoms with Crippen LogP contribution in [0.5, 0.6) is 0 Å². The van der Waals surface area contributed by atoms with Crippen LogP contribution in [-0.4, -0.2) is 86.4 Å². The highest BCUT2D eigenvalue weighted by molar-refractivity contribution is 7.87. The second kappa shape index (κ2) is 28.1. The van der Waals surface area contributed by atoms with Crippen molar-refractivity contribution in [2.24, 2.45) is 11.8 Å². The van der Waals surface area contributed by atoms with Gasteiger partial charge in [-0.3, -0.25) is 38.2 Å². The highest BCUT2D eigenvalue weighted by Gasteiger charge is 2.43. The SMILES string of the molecule is O=C(O)[C@@H](CCCOS(=O)(=O)c1ccc(-c2ccc(S(=O)(=O)OCCC[C@@H](C[C@H](NC(c3ccccc3)(c3ccccc3)c3ccccc3)C(=O)O)C(=O)O)cc2)cc1)C[C@H](NC(c1ccccc1)(c1ccccc1)c1ccccc1)C(=O)O. The van der Waals surface area contributed by atoms with Crippen molar-refractivity contribution in [3.63, 3.8) is 0 Å². The molecule has 0 bridgehead atoms. The van der Waals surface area contributed by atoms with Crippen LogP contribution in [0.2, 0.25) is 0 Å². The fourth-order valence-electron chi connectivity index (χ4n) is 10.6. The Morgan fingerprint density at radius 2 is 0.595 bits per heavy atom. The molecule has 0 saturated heterocycles. The van der Waals surface area contributed by atoms with Crippen LogP contribution in [0.1, 0.15) is 71.9 Å². The smallest absolute Gasteiger partial charge is 0.320 e. The summed E-state index contributed by atoms with van der Waals surface area (Å²) in [5.41, 5.74) is 3.06. The molecule has 4 atom stereocenters. The summed E-state index contributed by atoms with van der Waals surface area (Å²) in [7, 11) is -8.68. The second-order valence-electron chi connectivity index (χ2n) is 20.2. The molecule has 6 N–H and O–H groups in total. The molecule has 0 spiro atoms. The Balaban J connectivity index is 0.853. The zero-order valence-electron chi connectivity index (χ0n) is 45.6. The lowest BCUT2D eigenvalue weighted by molar-refractivity contribution is -0.146. The number of aliphatic carboxylic acids is 4. The van der Waals surface area contributed by atoms with E-state index in [-0.39, 0.29) is 61.5 Å². The summed E-state index contributed by atoms with van der Waals surface area (Å²) in [5, 5.41) is 48.6. The molecule has 8 aromatic carbocycles. The van der Waals surface area contributed by atoms with Gasteiger partial charge in [-0.15, -0.1) is 0 Å². The molecule has 0 amide bonds. The molecule has 8 rings (SSSR count). The summed E-state index contributed by atoms with van der Waals surface area (Å²) in [5.74, 6) is -7.43. The predicted octanol–water partition coefficient (Wildman–Crippen LogP) is 10.6. The lowest BCUT2D eigenvalue weighted by atomic mass is 9.76. The first-order valence-electron chi connectivity index (χ1n) is 27.2. The first-order valence-corrected chi connectivity index (χ1v) is 30.1. The zero-order valence-corrected chi connectivity index (χ0v) is 47.2. The van der Waals surface area contributed by atoms with Crippen LogP contribution in [0.3, 0.4) is 0 Å². The molecule has 0 heterocycles. The molecule has 8 aromatic rings. The van der Waals surface area contributed by atoms with Crippen LogP contribution >= 0.6 is 0 Å². The van der Waals surface area contributed by atoms with Crippen molar-refractivity contribution in [3.8, 4) is 11.1 Å². The minimum absolute atomic E-state index is 0.0319. The summed E-state index contributed by atoms with van der Waals surface area (Å²) in [6.45, 7) is -0.774. The van der Waals surface area contributed by atoms with Crippen LogP contribution in [0, 0.1) is 11.8 Å². The standard InChI is InChI=1S/C66H64N2O14S2/c69-61(70)49(45-59(63(73)74)67-65(51-23-7-1-8-24-51,52-25-9-2-10-26-52)53-27-11-3-12-28-53)21-19-43-81-83(77,78)57-39-35-47(36-40-57)48-37-41-58(42-38-48)84(79,80)82-44-20-22-50(62(71)72)46-60(64(75)76)68-66(54-29-13-4-14-30-54,55-31-15-5-16-32-55)56-33-17-6-18-34-56/h1-18,23-42,49-50,59-60,67-68H,19-22,43-46H2,(H,69,70)(H,71,72)(H,73,74)(H,75,76)/t49-,50-,59-,60-/m0/s1. The molecule has 18 heteroatoms. The third kappa shape index (κ3) is 14.8. The van der Waals surface area contributed by atoms with E-state index in [9.17, 15) is 56.4 Å². The molecule has 0 aliphatic rings. The van der Waals surface area contributed by atoms with Crippen molar-refractivity contribution in [1.29, 1.82) is 0 Å². The first-order chi connectivity index (χ1) is 40.4. The topological polar surface area (TPSA) is 260 Å². The summed E-state index contributed by atoms with van der Waals surface area (Å²) in [4.78, 5) is 51.0. The highest BCUT2D eigenvalue weighted by atomic mass is 32.2. The van der Waals surface area contributed by atoms with E-state index in [1.165, 1.54) is 48.5 Å². The van der Waals surface area contributed by atoms with Gasteiger partial charge in [0.05, 0.1) is 45.9 Å². The fourth-order valence-corrected chi connectivity index (χ4v) is 12.5. The Hall–Kier alpha value is -8.62. The summed E-state index contributed by atoms with van der Waals surface area (Å²) >= 11 is 0. The number of rotatable bonds is 31. The predicted molar refractivity (Wildman–Crippen MR) is 316 cm³/mol. The van der Waals surface area contributed by atoms with E-state index in [2.05, 4.69) is 10.6 Å². The number of benzene rings is 8. The van der Waals surface area contributed by atoms with Gasteiger partial charge in [-0.2, -0.15) is 16.8 Å². The molecule has 16 nitrogen and oxygen atoms in total. The Labute approximate surface area is 488 Å². The Kier molecular flexibility index (Phi) is 20.6. The van der Waals surface area contributed by atoms with E-state index in [4.69, 9.17) is 8.37 Å². The number of hydrogen-bond donors (Lipinski definition) is 6. The molecule has 0 saturated carbocycles. The third-order valence-corrected chi connectivity index (χ3v) is 17.5. The molecule has 0 aliphatic carbocycles. The lowest BCUT2D eigenvalue weighted by Gasteiger charge is -2.39. The van der Waals surface area contributed by atoms with E-state index in [0.29, 0.717) is 11.1 Å². The number of carboxylic acid groups (broad SMARTS) is 4. The number of carbonyl (C=O) groups is 4. The molecule has 0 unspecified atom stereocenters. The van der Waals surface area contributed by atoms with Crippen LogP contribution in [0.4, 0.5) is 0 Å². The van der Waals surface area contributed by atoms with E-state index < -0.39 is 79.1 Å². The van der Waals surface area contributed by atoms with Crippen molar-refractivity contribution >= 4 is 44.1 Å². The average Bonchev–Trinajstić information content (AvgIpc) is 1.34. The second-order valence-corrected chi connectivity index (χ2v) is 23.4. The maximum absolute atomic E-state index is 13.3. The zero-order chi connectivity index (χ0) is 59.7. The monoisotopic (exact) mass is 1170 g/mol. The summed E-state index contributed by atoms with van der Waals surface area (Å²) < 4.78 is 63.9. The first kappa shape index (κ1) is 61.5. The van der Waals surface area contributed by atoms with E-state index in [1.54, 1.807) is 0 Å². The average molecular weight is 1170 g/mol. The maximum atomic E-state index is 13.3. The van der Waals surface area contributed by atoms with Crippen LogP contribution < -0.4 is 10.6 Å². The highest BCUT2D eigenvalue weighted by Crippen LogP contribution is 2.40. The normalized spacial score (nSPS) is 13.5. The van der Waals surface area contributed by atoms with Crippen LogP contribution in [0.25, 0.3) is 11.1 Å². The molecule has 0 fully saturated rings. The number of hydrogen-bond acceptors (Lipinski definition) is 12. The minimum atomic E-state index is -4.34. The Bertz CT molecular complexity index is 3240. The van der Waals surface area contributed by atoms with E-state index in [1.807, 2.05) is 182 Å². The molecule has 0 aromatic heterocycles. The summed E-state index contributed by atoms with van der Waals surface area (Å²) in [6.07, 6.45) is -0.918. The maximum Gasteiger partial charge on any atom is 0.320 e. The molecule has 0 aliphatic heterocycles. The molecule has 84 heavy (non-hydrogen) atoms. The van der Waals surface area contributed by atoms with Gasteiger partial charge in [0.2, 0.25) is 0 Å². The van der Waals surface area contributed by atoms with Gasteiger partial charge in [0.1, 0.15) is 12.1 Å². The number of carboxylic acids is 4. The van der Waals surface area contributed by atoms with Gasteiger partial charge in [0.25, 0.3) is 20.2 Å². The summed E-state index contributed by atoms with van der Waals surface area (Å²) in [6, 6.07) is 64.2. The Morgan fingerprint density at radius 3 is 0.810 bits per heavy atom. The van der Waals surface area contributed by atoms with Crippen molar-refractivity contribution in [2.75, 3.05) is 13.2 Å². The van der Waals surface area contributed by atoms with Crippen molar-refractivity contribution in [1.82, 2.24) is 10.6 Å². The lowest BCUT2D eigenvalue weighted by Crippen LogP contribution is -2.53.